The number of carbonyl (C=O) groups excluding carboxylic acids is 1. The molecule has 1 aromatic carbocycles. The summed E-state index contributed by atoms with van der Waals surface area (Å²) in [7, 11) is 1.53. The van der Waals surface area contributed by atoms with Crippen LogP contribution in [0.4, 0.5) is 4.39 Å². The van der Waals surface area contributed by atoms with Crippen LogP contribution in [0.15, 0.2) is 47.8 Å². The number of ether oxygens (including phenoxy) is 2. The number of aliphatic carboxylic acids is 1. The molecule has 4 nitrogen and oxygen atoms in total. The van der Waals surface area contributed by atoms with Crippen LogP contribution in [-0.2, 0) is 4.79 Å². The fourth-order valence-electron chi connectivity index (χ4n) is 3.27. The maximum atomic E-state index is 14.8. The van der Waals surface area contributed by atoms with Gasteiger partial charge in [0.1, 0.15) is 22.9 Å². The first kappa shape index (κ1) is 22.5. The van der Waals surface area contributed by atoms with E-state index < -0.39 is 17.4 Å². The molecule has 2 rings (SSSR count). The average molecular weight is 399 g/mol. The summed E-state index contributed by atoms with van der Waals surface area (Å²) in [5.74, 6) is -0.322. The van der Waals surface area contributed by atoms with Crippen LogP contribution in [0.3, 0.4) is 0 Å². The Labute approximate surface area is 172 Å². The third-order valence-corrected chi connectivity index (χ3v) is 4.71. The Hall–Kier alpha value is -2.82. The minimum absolute atomic E-state index is 0.268. The third-order valence-electron chi connectivity index (χ3n) is 4.71. The maximum absolute atomic E-state index is 14.8. The van der Waals surface area contributed by atoms with Gasteiger partial charge >= 0.3 is 0 Å². The molecule has 0 bridgehead atoms. The van der Waals surface area contributed by atoms with Gasteiger partial charge < -0.3 is 19.4 Å². The van der Waals surface area contributed by atoms with E-state index in [9.17, 15) is 14.3 Å². The molecule has 0 fully saturated rings. The molecule has 0 atom stereocenters. The lowest BCUT2D eigenvalue weighted by atomic mass is 9.86. The van der Waals surface area contributed by atoms with E-state index in [2.05, 4.69) is 19.9 Å². The highest BCUT2D eigenvalue weighted by atomic mass is 19.1. The van der Waals surface area contributed by atoms with Gasteiger partial charge in [-0.1, -0.05) is 19.9 Å². The van der Waals surface area contributed by atoms with Gasteiger partial charge in [-0.15, -0.1) is 0 Å². The van der Waals surface area contributed by atoms with E-state index in [0.29, 0.717) is 28.2 Å². The number of rotatable bonds is 6. The highest BCUT2D eigenvalue weighted by Gasteiger charge is 2.29. The SMILES string of the molecule is COc1cc2c(cc1C(C)=C(F)C=CC(C)=CC(=O)[O-])C(C(C)C)=CC(C)(C)O2. The zero-order valence-electron chi connectivity index (χ0n) is 18.1. The Kier molecular flexibility index (Phi) is 6.73. The zero-order chi connectivity index (χ0) is 21.9. The van der Waals surface area contributed by atoms with Crippen molar-refractivity contribution in [3.63, 3.8) is 0 Å². The number of benzene rings is 1. The second-order valence-electron chi connectivity index (χ2n) is 8.02. The normalized spacial score (nSPS) is 16.9. The summed E-state index contributed by atoms with van der Waals surface area (Å²) in [4.78, 5) is 10.6. The van der Waals surface area contributed by atoms with Gasteiger partial charge in [-0.2, -0.15) is 0 Å². The van der Waals surface area contributed by atoms with Crippen molar-refractivity contribution in [2.75, 3.05) is 7.11 Å². The number of fused-ring (bicyclic) bond motifs is 1. The molecular weight excluding hydrogens is 371 g/mol. The van der Waals surface area contributed by atoms with Gasteiger partial charge in [0, 0.05) is 17.2 Å². The molecule has 0 unspecified atom stereocenters. The Balaban J connectivity index is 2.58. The van der Waals surface area contributed by atoms with Crippen molar-refractivity contribution in [1.29, 1.82) is 0 Å². The summed E-state index contributed by atoms with van der Waals surface area (Å²) in [5.41, 5.74) is 2.99. The first-order chi connectivity index (χ1) is 13.4. The molecule has 0 amide bonds. The fourth-order valence-corrected chi connectivity index (χ4v) is 3.27. The molecule has 1 aromatic rings. The summed E-state index contributed by atoms with van der Waals surface area (Å²) in [6.45, 7) is 11.4. The maximum Gasteiger partial charge on any atom is 0.131 e. The molecule has 0 aromatic heterocycles. The highest BCUT2D eigenvalue weighted by molar-refractivity contribution is 5.82. The third kappa shape index (κ3) is 5.37. The summed E-state index contributed by atoms with van der Waals surface area (Å²) < 4.78 is 26.4. The van der Waals surface area contributed by atoms with Crippen LogP contribution >= 0.6 is 0 Å². The topological polar surface area (TPSA) is 58.6 Å². The number of carboxylic acids is 1. The Bertz CT molecular complexity index is 930. The lowest BCUT2D eigenvalue weighted by Crippen LogP contribution is -2.29. The molecule has 0 saturated heterocycles. The molecule has 1 heterocycles. The standard InChI is InChI=1S/C24H29FO4/c1-14(2)19-13-24(5,6)29-22-12-21(28-7)17(11-18(19)22)16(4)20(25)9-8-15(3)10-23(26)27/h8-14H,1-7H3,(H,26,27)/p-1. The summed E-state index contributed by atoms with van der Waals surface area (Å²) in [6.07, 6.45) is 5.64. The lowest BCUT2D eigenvalue weighted by molar-refractivity contribution is -0.297. The van der Waals surface area contributed by atoms with E-state index >= 15 is 0 Å². The molecule has 0 aliphatic carbocycles. The Morgan fingerprint density at radius 1 is 1.24 bits per heavy atom. The quantitative estimate of drug-likeness (QED) is 0.506. The van der Waals surface area contributed by atoms with Gasteiger partial charge in [0.25, 0.3) is 0 Å². The second-order valence-corrected chi connectivity index (χ2v) is 8.02. The van der Waals surface area contributed by atoms with E-state index in [1.807, 2.05) is 19.9 Å². The van der Waals surface area contributed by atoms with E-state index in [1.54, 1.807) is 19.9 Å². The first-order valence-corrected chi connectivity index (χ1v) is 9.53. The van der Waals surface area contributed by atoms with E-state index in [0.717, 1.165) is 17.2 Å². The van der Waals surface area contributed by atoms with Crippen LogP contribution in [0.5, 0.6) is 11.5 Å². The molecule has 156 valence electrons. The zero-order valence-corrected chi connectivity index (χ0v) is 18.1. The molecule has 0 spiro atoms. The number of hydrogen-bond donors (Lipinski definition) is 0. The van der Waals surface area contributed by atoms with Crippen LogP contribution in [0.25, 0.3) is 11.1 Å². The van der Waals surface area contributed by atoms with Gasteiger partial charge in [0.2, 0.25) is 0 Å². The number of allylic oxidation sites excluding steroid dienone is 6. The monoisotopic (exact) mass is 399 g/mol. The second kappa shape index (κ2) is 8.68. The van der Waals surface area contributed by atoms with Crippen molar-refractivity contribution in [3.8, 4) is 11.5 Å². The molecule has 5 heteroatoms. The van der Waals surface area contributed by atoms with Crippen molar-refractivity contribution in [2.45, 2.75) is 47.1 Å². The van der Waals surface area contributed by atoms with E-state index in [-0.39, 0.29) is 5.92 Å². The number of carbonyl (C=O) groups is 1. The summed E-state index contributed by atoms with van der Waals surface area (Å²) in [5, 5.41) is 10.6. The predicted octanol–water partition coefficient (Wildman–Crippen LogP) is 4.86. The van der Waals surface area contributed by atoms with Crippen molar-refractivity contribution >= 4 is 17.1 Å². The Morgan fingerprint density at radius 2 is 1.90 bits per heavy atom. The van der Waals surface area contributed by atoms with Crippen molar-refractivity contribution in [3.05, 3.63) is 59.0 Å². The van der Waals surface area contributed by atoms with Crippen LogP contribution in [0.2, 0.25) is 0 Å². The smallest absolute Gasteiger partial charge is 0.131 e. The summed E-state index contributed by atoms with van der Waals surface area (Å²) >= 11 is 0. The van der Waals surface area contributed by atoms with Gasteiger partial charge in [-0.3, -0.25) is 0 Å². The number of halogens is 1. The number of methoxy groups -OCH3 is 1. The van der Waals surface area contributed by atoms with Crippen LogP contribution in [0.1, 0.15) is 52.7 Å². The summed E-state index contributed by atoms with van der Waals surface area (Å²) in [6, 6.07) is 3.69. The Morgan fingerprint density at radius 3 is 2.45 bits per heavy atom. The van der Waals surface area contributed by atoms with Crippen molar-refractivity contribution in [2.24, 2.45) is 5.92 Å². The average Bonchev–Trinajstić information content (AvgIpc) is 2.62. The predicted molar refractivity (Wildman–Crippen MR) is 112 cm³/mol. The largest absolute Gasteiger partial charge is 0.545 e. The van der Waals surface area contributed by atoms with Crippen LogP contribution in [-0.4, -0.2) is 18.7 Å². The molecule has 0 radical (unpaired) electrons. The fraction of sp³-hybridized carbons (Fsp3) is 0.375. The molecule has 0 saturated carbocycles. The molecular formula is C24H28FO4-. The van der Waals surface area contributed by atoms with Gasteiger partial charge in [-0.25, -0.2) is 4.39 Å². The number of hydrogen-bond acceptors (Lipinski definition) is 4. The van der Waals surface area contributed by atoms with E-state index in [1.165, 1.54) is 19.3 Å². The molecule has 1 aliphatic heterocycles. The molecule has 29 heavy (non-hydrogen) atoms. The molecule has 0 N–H and O–H groups in total. The van der Waals surface area contributed by atoms with Crippen molar-refractivity contribution in [1.82, 2.24) is 0 Å². The first-order valence-electron chi connectivity index (χ1n) is 9.53. The van der Waals surface area contributed by atoms with E-state index in [4.69, 9.17) is 9.47 Å². The van der Waals surface area contributed by atoms with Gasteiger partial charge in [-0.05, 0) is 74.6 Å². The minimum atomic E-state index is -1.32. The number of carboxylic acid groups (broad SMARTS) is 1. The van der Waals surface area contributed by atoms with Crippen LogP contribution in [0, 0.1) is 5.92 Å². The van der Waals surface area contributed by atoms with Gasteiger partial charge in [0.05, 0.1) is 13.1 Å². The van der Waals surface area contributed by atoms with Crippen LogP contribution < -0.4 is 14.6 Å². The highest BCUT2D eigenvalue weighted by Crippen LogP contribution is 2.44. The molecule has 1 aliphatic rings. The lowest BCUT2D eigenvalue weighted by Gasteiger charge is -2.33. The minimum Gasteiger partial charge on any atom is -0.545 e. The van der Waals surface area contributed by atoms with Crippen molar-refractivity contribution < 1.29 is 23.8 Å². The van der Waals surface area contributed by atoms with Gasteiger partial charge in [0.15, 0.2) is 0 Å².